The van der Waals surface area contributed by atoms with E-state index in [1.807, 2.05) is 0 Å². The molecule has 0 aliphatic rings. The number of primary amides is 1. The maximum Gasteiger partial charge on any atom is 0.404 e. The molecule has 0 heterocycles. The van der Waals surface area contributed by atoms with Gasteiger partial charge in [0.25, 0.3) is 0 Å². The van der Waals surface area contributed by atoms with Gasteiger partial charge in [-0.1, -0.05) is 6.07 Å². The van der Waals surface area contributed by atoms with Crippen LogP contribution in [0.25, 0.3) is 0 Å². The summed E-state index contributed by atoms with van der Waals surface area (Å²) in [6, 6.07) is 3.99. The molecule has 0 aliphatic heterocycles. The van der Waals surface area contributed by atoms with Crippen molar-refractivity contribution in [3.8, 4) is 11.5 Å². The second-order valence-corrected chi connectivity index (χ2v) is 3.42. The van der Waals surface area contributed by atoms with Crippen LogP contribution in [0, 0.1) is 0 Å². The molecule has 0 fully saturated rings. The summed E-state index contributed by atoms with van der Waals surface area (Å²) < 4.78 is 4.53. The number of carbonyl (C=O) groups excluding carboxylic acids is 1. The van der Waals surface area contributed by atoms with Gasteiger partial charge in [-0.3, -0.25) is 0 Å². The Morgan fingerprint density at radius 3 is 2.62 bits per heavy atom. The number of hydrogen-bond donors (Lipinski definition) is 4. The smallest absolute Gasteiger partial charge is 0.404 e. The Hall–Kier alpha value is -1.95. The van der Waals surface area contributed by atoms with E-state index in [1.165, 1.54) is 12.1 Å². The number of ether oxygens (including phenoxy) is 1. The maximum absolute atomic E-state index is 10.3. The van der Waals surface area contributed by atoms with E-state index in [2.05, 4.69) is 4.74 Å². The summed E-state index contributed by atoms with van der Waals surface area (Å²) in [5, 5.41) is 18.3. The number of carbonyl (C=O) groups is 1. The molecule has 0 saturated carbocycles. The Bertz CT molecular complexity index is 381. The van der Waals surface area contributed by atoms with E-state index in [0.717, 1.165) is 5.56 Å². The predicted octanol–water partition coefficient (Wildman–Crippen LogP) is 0.0629. The van der Waals surface area contributed by atoms with Gasteiger partial charge in [-0.15, -0.1) is 0 Å². The molecule has 0 saturated heterocycles. The van der Waals surface area contributed by atoms with E-state index in [1.54, 1.807) is 6.07 Å². The molecule has 0 radical (unpaired) electrons. The van der Waals surface area contributed by atoms with Gasteiger partial charge in [0.15, 0.2) is 11.5 Å². The van der Waals surface area contributed by atoms with Crippen LogP contribution in [-0.4, -0.2) is 29.0 Å². The second-order valence-electron chi connectivity index (χ2n) is 3.42. The first-order valence-electron chi connectivity index (χ1n) is 4.67. The van der Waals surface area contributed by atoms with Crippen molar-refractivity contribution in [3.63, 3.8) is 0 Å². The van der Waals surface area contributed by atoms with Crippen molar-refractivity contribution < 1.29 is 19.7 Å². The summed E-state index contributed by atoms with van der Waals surface area (Å²) in [4.78, 5) is 10.3. The fourth-order valence-corrected chi connectivity index (χ4v) is 1.25. The minimum atomic E-state index is -0.871. The lowest BCUT2D eigenvalue weighted by Crippen LogP contribution is -2.31. The first-order valence-corrected chi connectivity index (χ1v) is 4.67. The van der Waals surface area contributed by atoms with Gasteiger partial charge in [-0.2, -0.15) is 0 Å². The molecular formula is C10H14N2O4. The summed E-state index contributed by atoms with van der Waals surface area (Å²) >= 11 is 0. The first-order chi connectivity index (χ1) is 7.49. The van der Waals surface area contributed by atoms with Crippen LogP contribution in [0.1, 0.15) is 5.56 Å². The Morgan fingerprint density at radius 1 is 1.38 bits per heavy atom. The van der Waals surface area contributed by atoms with E-state index >= 15 is 0 Å². The molecule has 0 bridgehead atoms. The molecule has 1 rings (SSSR count). The van der Waals surface area contributed by atoms with Crippen LogP contribution < -0.4 is 11.5 Å². The van der Waals surface area contributed by atoms with E-state index in [0.29, 0.717) is 6.42 Å². The lowest BCUT2D eigenvalue weighted by molar-refractivity contribution is 0.149. The van der Waals surface area contributed by atoms with Crippen LogP contribution in [-0.2, 0) is 11.2 Å². The highest BCUT2D eigenvalue weighted by Gasteiger charge is 2.08. The highest BCUT2D eigenvalue weighted by Crippen LogP contribution is 2.25. The van der Waals surface area contributed by atoms with Crippen molar-refractivity contribution in [2.45, 2.75) is 12.5 Å². The summed E-state index contributed by atoms with van der Waals surface area (Å²) in [5.41, 5.74) is 11.2. The monoisotopic (exact) mass is 226 g/mol. The lowest BCUT2D eigenvalue weighted by Gasteiger charge is -2.11. The largest absolute Gasteiger partial charge is 0.504 e. The summed E-state index contributed by atoms with van der Waals surface area (Å²) in [6.07, 6.45) is -0.467. The topological polar surface area (TPSA) is 119 Å². The normalized spacial score (nSPS) is 12.1. The zero-order chi connectivity index (χ0) is 12.1. The SMILES string of the molecule is NC(=O)OCC(N)Cc1ccc(O)c(O)c1. The number of phenols is 2. The minimum Gasteiger partial charge on any atom is -0.504 e. The van der Waals surface area contributed by atoms with E-state index in [4.69, 9.17) is 16.6 Å². The van der Waals surface area contributed by atoms with Gasteiger partial charge in [0.1, 0.15) is 6.61 Å². The zero-order valence-corrected chi connectivity index (χ0v) is 8.59. The Labute approximate surface area is 92.4 Å². The molecular weight excluding hydrogens is 212 g/mol. The van der Waals surface area contributed by atoms with Crippen molar-refractivity contribution in [1.82, 2.24) is 0 Å². The number of nitrogens with two attached hydrogens (primary N) is 2. The molecule has 6 N–H and O–H groups in total. The zero-order valence-electron chi connectivity index (χ0n) is 8.59. The number of rotatable bonds is 4. The fraction of sp³-hybridized carbons (Fsp3) is 0.300. The van der Waals surface area contributed by atoms with E-state index in [9.17, 15) is 9.90 Å². The van der Waals surface area contributed by atoms with E-state index in [-0.39, 0.29) is 18.1 Å². The van der Waals surface area contributed by atoms with Crippen molar-refractivity contribution in [2.75, 3.05) is 6.61 Å². The summed E-state index contributed by atoms with van der Waals surface area (Å²) in [6.45, 7) is 0.0109. The average Bonchev–Trinajstić information content (AvgIpc) is 2.21. The number of amides is 1. The summed E-state index contributed by atoms with van der Waals surface area (Å²) in [5.74, 6) is -0.397. The molecule has 1 aromatic rings. The second kappa shape index (κ2) is 5.22. The Morgan fingerprint density at radius 2 is 2.06 bits per heavy atom. The molecule has 88 valence electrons. The predicted molar refractivity (Wildman–Crippen MR) is 57.0 cm³/mol. The molecule has 1 amide bonds. The number of aromatic hydroxyl groups is 2. The van der Waals surface area contributed by atoms with Gasteiger partial charge in [0.05, 0.1) is 0 Å². The lowest BCUT2D eigenvalue weighted by atomic mass is 10.1. The van der Waals surface area contributed by atoms with Crippen LogP contribution in [0.4, 0.5) is 4.79 Å². The van der Waals surface area contributed by atoms with Crippen molar-refractivity contribution in [3.05, 3.63) is 23.8 Å². The van der Waals surface area contributed by atoms with Gasteiger partial charge in [-0.05, 0) is 24.1 Å². The van der Waals surface area contributed by atoms with Crippen LogP contribution in [0.3, 0.4) is 0 Å². The van der Waals surface area contributed by atoms with Crippen molar-refractivity contribution >= 4 is 6.09 Å². The molecule has 1 unspecified atom stereocenters. The average molecular weight is 226 g/mol. The van der Waals surface area contributed by atoms with Crippen LogP contribution in [0.15, 0.2) is 18.2 Å². The third-order valence-electron chi connectivity index (χ3n) is 1.98. The number of hydrogen-bond acceptors (Lipinski definition) is 5. The van der Waals surface area contributed by atoms with Gasteiger partial charge in [0.2, 0.25) is 0 Å². The van der Waals surface area contributed by atoms with Crippen LogP contribution in [0.5, 0.6) is 11.5 Å². The van der Waals surface area contributed by atoms with Gasteiger partial charge >= 0.3 is 6.09 Å². The highest BCUT2D eigenvalue weighted by atomic mass is 16.5. The summed E-state index contributed by atoms with van der Waals surface area (Å²) in [7, 11) is 0. The van der Waals surface area contributed by atoms with Crippen molar-refractivity contribution in [1.29, 1.82) is 0 Å². The Balaban J connectivity index is 2.52. The fourth-order valence-electron chi connectivity index (χ4n) is 1.25. The molecule has 0 aliphatic carbocycles. The third-order valence-corrected chi connectivity index (χ3v) is 1.98. The van der Waals surface area contributed by atoms with Crippen LogP contribution >= 0.6 is 0 Å². The maximum atomic E-state index is 10.3. The van der Waals surface area contributed by atoms with Crippen LogP contribution in [0.2, 0.25) is 0 Å². The third kappa shape index (κ3) is 3.66. The minimum absolute atomic E-state index is 0.0109. The molecule has 6 nitrogen and oxygen atoms in total. The molecule has 1 atom stereocenters. The Kier molecular flexibility index (Phi) is 3.96. The molecule has 0 spiro atoms. The molecule has 6 heteroatoms. The highest BCUT2D eigenvalue weighted by molar-refractivity contribution is 5.64. The molecule has 1 aromatic carbocycles. The molecule has 0 aromatic heterocycles. The van der Waals surface area contributed by atoms with E-state index < -0.39 is 12.1 Å². The number of benzene rings is 1. The first kappa shape index (κ1) is 12.1. The van der Waals surface area contributed by atoms with Gasteiger partial charge in [0, 0.05) is 6.04 Å². The quantitative estimate of drug-likeness (QED) is 0.541. The van der Waals surface area contributed by atoms with Gasteiger partial charge in [-0.25, -0.2) is 4.79 Å². The standard InChI is InChI=1S/C10H14N2O4/c11-7(5-16-10(12)15)3-6-1-2-8(13)9(14)4-6/h1-2,4,7,13-14H,3,5,11H2,(H2,12,15). The van der Waals surface area contributed by atoms with Crippen molar-refractivity contribution in [2.24, 2.45) is 11.5 Å². The molecule has 16 heavy (non-hydrogen) atoms. The number of phenolic OH excluding ortho intramolecular Hbond substituents is 2. The van der Waals surface area contributed by atoms with Gasteiger partial charge < -0.3 is 26.4 Å².